The lowest BCUT2D eigenvalue weighted by atomic mass is 10.1. The van der Waals surface area contributed by atoms with Gasteiger partial charge >= 0.3 is 5.91 Å². The van der Waals surface area contributed by atoms with Crippen LogP contribution in [0.5, 0.6) is 5.88 Å². The van der Waals surface area contributed by atoms with Crippen molar-refractivity contribution in [1.29, 1.82) is 0 Å². The topological polar surface area (TPSA) is 153 Å². The van der Waals surface area contributed by atoms with Crippen molar-refractivity contribution >= 4 is 33.9 Å². The number of amides is 1. The Balaban J connectivity index is 2.03. The first-order valence-corrected chi connectivity index (χ1v) is 7.46. The molecule has 1 amide bonds. The van der Waals surface area contributed by atoms with Crippen LogP contribution in [-0.4, -0.2) is 25.4 Å². The molecule has 0 aliphatic heterocycles. The molecule has 0 aliphatic rings. The summed E-state index contributed by atoms with van der Waals surface area (Å²) in [6, 6.07) is 9.46. The number of para-hydroxylation sites is 1. The van der Waals surface area contributed by atoms with Gasteiger partial charge in [-0.3, -0.25) is 25.0 Å². The minimum atomic E-state index is -1.07. The van der Waals surface area contributed by atoms with Gasteiger partial charge in [-0.1, -0.05) is 18.2 Å². The zero-order chi connectivity index (χ0) is 19.7. The van der Waals surface area contributed by atoms with Crippen LogP contribution in [0.15, 0.2) is 52.7 Å². The second-order valence-electron chi connectivity index (χ2n) is 5.47. The Kier molecular flexibility index (Phi) is 4.34. The summed E-state index contributed by atoms with van der Waals surface area (Å²) in [5.41, 5.74) is -1.05. The van der Waals surface area contributed by atoms with Crippen molar-refractivity contribution in [2.24, 2.45) is 17.3 Å². The molecule has 3 rings (SSSR count). The Morgan fingerprint density at radius 2 is 1.81 bits per heavy atom. The van der Waals surface area contributed by atoms with Crippen LogP contribution in [-0.2, 0) is 7.05 Å². The molecule has 0 saturated heterocycles. The third kappa shape index (κ3) is 3.08. The van der Waals surface area contributed by atoms with E-state index in [1.807, 2.05) is 0 Å². The standard InChI is InChI=1S/C16H11N5O6/c1-19-12-5-3-2-4-10(12)14(16(19)23)17-18-15(22)11-7-6-9(20(24)25)8-13(11)21(26)27/h2-8,23H,1H3. The molecule has 0 bridgehead atoms. The van der Waals surface area contributed by atoms with E-state index < -0.39 is 32.7 Å². The molecule has 0 fully saturated rings. The molecule has 3 aromatic rings. The molecule has 11 nitrogen and oxygen atoms in total. The van der Waals surface area contributed by atoms with E-state index in [-0.39, 0.29) is 11.6 Å². The van der Waals surface area contributed by atoms with Crippen LogP contribution in [0, 0.1) is 20.2 Å². The van der Waals surface area contributed by atoms with Gasteiger partial charge in [0.05, 0.1) is 21.4 Å². The molecular formula is C16H11N5O6. The lowest BCUT2D eigenvalue weighted by Crippen LogP contribution is -2.02. The highest BCUT2D eigenvalue weighted by Crippen LogP contribution is 2.38. The van der Waals surface area contributed by atoms with Gasteiger partial charge in [-0.05, 0) is 12.1 Å². The number of non-ortho nitro benzene ring substituents is 1. The summed E-state index contributed by atoms with van der Waals surface area (Å²) in [7, 11) is 1.60. The van der Waals surface area contributed by atoms with Crippen LogP contribution in [0.25, 0.3) is 10.9 Å². The van der Waals surface area contributed by atoms with E-state index in [0.717, 1.165) is 12.1 Å². The number of aromatic nitrogens is 1. The van der Waals surface area contributed by atoms with Crippen molar-refractivity contribution in [3.05, 3.63) is 68.3 Å². The molecule has 0 unspecified atom stereocenters. The average Bonchev–Trinajstić information content (AvgIpc) is 2.90. The molecular weight excluding hydrogens is 358 g/mol. The first kappa shape index (κ1) is 17.7. The number of carbonyl (C=O) groups is 1. The normalized spacial score (nSPS) is 11.1. The van der Waals surface area contributed by atoms with Gasteiger partial charge in [0.25, 0.3) is 11.4 Å². The van der Waals surface area contributed by atoms with E-state index >= 15 is 0 Å². The molecule has 0 spiro atoms. The third-order valence-electron chi connectivity index (χ3n) is 3.91. The quantitative estimate of drug-likeness (QED) is 0.421. The van der Waals surface area contributed by atoms with E-state index in [1.54, 1.807) is 31.3 Å². The van der Waals surface area contributed by atoms with Gasteiger partial charge in [-0.15, -0.1) is 10.2 Å². The fourth-order valence-electron chi connectivity index (χ4n) is 2.57. The molecule has 27 heavy (non-hydrogen) atoms. The van der Waals surface area contributed by atoms with Gasteiger partial charge in [0.15, 0.2) is 5.69 Å². The van der Waals surface area contributed by atoms with E-state index in [0.29, 0.717) is 17.0 Å². The van der Waals surface area contributed by atoms with Crippen LogP contribution in [0.2, 0.25) is 0 Å². The van der Waals surface area contributed by atoms with Crippen LogP contribution >= 0.6 is 0 Å². The number of nitrogens with zero attached hydrogens (tertiary/aromatic N) is 5. The molecule has 0 aliphatic carbocycles. The number of carbonyl (C=O) groups excluding carboxylic acids is 1. The molecule has 0 atom stereocenters. The Morgan fingerprint density at radius 1 is 1.11 bits per heavy atom. The monoisotopic (exact) mass is 369 g/mol. The second kappa shape index (κ2) is 6.63. The maximum absolute atomic E-state index is 12.3. The number of rotatable bonds is 4. The van der Waals surface area contributed by atoms with E-state index in [9.17, 15) is 30.1 Å². The first-order chi connectivity index (χ1) is 12.8. The Labute approximate surface area is 150 Å². The maximum atomic E-state index is 12.3. The molecule has 2 aromatic carbocycles. The Bertz CT molecular complexity index is 1130. The number of fused-ring (bicyclic) bond motifs is 1. The highest BCUT2D eigenvalue weighted by atomic mass is 16.6. The molecule has 1 N–H and O–H groups in total. The predicted octanol–water partition coefficient (Wildman–Crippen LogP) is 3.62. The van der Waals surface area contributed by atoms with Crippen LogP contribution in [0.4, 0.5) is 17.1 Å². The predicted molar refractivity (Wildman–Crippen MR) is 93.2 cm³/mol. The van der Waals surface area contributed by atoms with E-state index in [1.165, 1.54) is 4.57 Å². The van der Waals surface area contributed by atoms with Gasteiger partial charge in [0.1, 0.15) is 5.56 Å². The minimum absolute atomic E-state index is 0.0333. The molecule has 11 heteroatoms. The van der Waals surface area contributed by atoms with Gasteiger partial charge in [-0.2, -0.15) is 0 Å². The number of nitro benzene ring substituents is 2. The van der Waals surface area contributed by atoms with Gasteiger partial charge in [0, 0.05) is 18.5 Å². The van der Waals surface area contributed by atoms with Gasteiger partial charge in [-0.25, -0.2) is 0 Å². The number of hydrogen-bond acceptors (Lipinski definition) is 7. The minimum Gasteiger partial charge on any atom is -0.493 e. The highest BCUT2D eigenvalue weighted by molar-refractivity contribution is 6.00. The lowest BCUT2D eigenvalue weighted by molar-refractivity contribution is -0.394. The fourth-order valence-corrected chi connectivity index (χ4v) is 2.57. The fraction of sp³-hybridized carbons (Fsp3) is 0.0625. The Morgan fingerprint density at radius 3 is 2.48 bits per heavy atom. The first-order valence-electron chi connectivity index (χ1n) is 7.46. The van der Waals surface area contributed by atoms with Crippen molar-refractivity contribution in [3.8, 4) is 5.88 Å². The summed E-state index contributed by atoms with van der Waals surface area (Å²) in [5.74, 6) is -1.30. The zero-order valence-corrected chi connectivity index (χ0v) is 13.8. The van der Waals surface area contributed by atoms with E-state index in [2.05, 4.69) is 10.2 Å². The number of aryl methyl sites for hydroxylation is 1. The SMILES string of the molecule is Cn1c(O)c(N=NC(=O)c2ccc([N+](=O)[O-])cc2[N+](=O)[O-])c2ccccc21. The highest BCUT2D eigenvalue weighted by Gasteiger charge is 2.24. The number of benzene rings is 2. The molecule has 1 aromatic heterocycles. The number of hydrogen-bond donors (Lipinski definition) is 1. The van der Waals surface area contributed by atoms with Crippen molar-refractivity contribution in [3.63, 3.8) is 0 Å². The molecule has 0 saturated carbocycles. The number of azo groups is 1. The smallest absolute Gasteiger partial charge is 0.302 e. The van der Waals surface area contributed by atoms with Gasteiger partial charge in [0.2, 0.25) is 5.88 Å². The van der Waals surface area contributed by atoms with Crippen molar-refractivity contribution < 1.29 is 19.7 Å². The third-order valence-corrected chi connectivity index (χ3v) is 3.91. The largest absolute Gasteiger partial charge is 0.493 e. The van der Waals surface area contributed by atoms with Crippen LogP contribution in [0.1, 0.15) is 10.4 Å². The molecule has 1 heterocycles. The van der Waals surface area contributed by atoms with Crippen molar-refractivity contribution in [2.45, 2.75) is 0 Å². The number of nitro groups is 2. The summed E-state index contributed by atoms with van der Waals surface area (Å²) in [5, 5.41) is 39.8. The summed E-state index contributed by atoms with van der Waals surface area (Å²) < 4.78 is 1.45. The van der Waals surface area contributed by atoms with Crippen molar-refractivity contribution in [1.82, 2.24) is 4.57 Å². The summed E-state index contributed by atoms with van der Waals surface area (Å²) in [4.78, 5) is 32.4. The maximum Gasteiger partial charge on any atom is 0.302 e. The van der Waals surface area contributed by atoms with Crippen LogP contribution in [0.3, 0.4) is 0 Å². The van der Waals surface area contributed by atoms with E-state index in [4.69, 9.17) is 0 Å². The molecule has 0 radical (unpaired) electrons. The summed E-state index contributed by atoms with van der Waals surface area (Å²) >= 11 is 0. The number of aromatic hydroxyl groups is 1. The van der Waals surface area contributed by atoms with Crippen LogP contribution < -0.4 is 0 Å². The average molecular weight is 369 g/mol. The summed E-state index contributed by atoms with van der Waals surface area (Å²) in [6.07, 6.45) is 0. The van der Waals surface area contributed by atoms with Crippen molar-refractivity contribution in [2.75, 3.05) is 0 Å². The molecule has 136 valence electrons. The second-order valence-corrected chi connectivity index (χ2v) is 5.47. The Hall–Kier alpha value is -4.15. The summed E-state index contributed by atoms with van der Waals surface area (Å²) in [6.45, 7) is 0. The lowest BCUT2D eigenvalue weighted by Gasteiger charge is -1.98. The zero-order valence-electron chi connectivity index (χ0n) is 13.8. The van der Waals surface area contributed by atoms with Gasteiger partial charge < -0.3 is 9.67 Å².